The Morgan fingerprint density at radius 2 is 1.45 bits per heavy atom. The van der Waals surface area contributed by atoms with Crippen molar-refractivity contribution in [1.82, 2.24) is 4.98 Å². The Hall–Kier alpha value is -4.20. The number of amides is 2. The van der Waals surface area contributed by atoms with Gasteiger partial charge in [0.05, 0.1) is 5.69 Å². The fourth-order valence-electron chi connectivity index (χ4n) is 4.19. The summed E-state index contributed by atoms with van der Waals surface area (Å²) < 4.78 is 0. The van der Waals surface area contributed by atoms with Crippen LogP contribution in [0.15, 0.2) is 108 Å². The lowest BCUT2D eigenvalue weighted by molar-refractivity contribution is -0.115. The Balaban J connectivity index is 1.35. The summed E-state index contributed by atoms with van der Waals surface area (Å²) in [5.41, 5.74) is 6.33. The van der Waals surface area contributed by atoms with Crippen molar-refractivity contribution in [2.45, 2.75) is 30.9 Å². The number of nitrogens with zero attached hydrogens (tertiary/aromatic N) is 1. The van der Waals surface area contributed by atoms with E-state index in [9.17, 15) is 9.59 Å². The maximum absolute atomic E-state index is 13.7. The second kappa shape index (κ2) is 12.3. The largest absolute Gasteiger partial charge is 0.322 e. The summed E-state index contributed by atoms with van der Waals surface area (Å²) in [5, 5.41) is 6.07. The number of carbonyl (C=O) groups is 2. The Kier molecular flexibility index (Phi) is 8.43. The van der Waals surface area contributed by atoms with Gasteiger partial charge in [-0.15, -0.1) is 23.1 Å². The molecular formula is C33H29N3O2S2. The molecule has 5 aromatic rings. The van der Waals surface area contributed by atoms with E-state index in [1.807, 2.05) is 92.7 Å². The van der Waals surface area contributed by atoms with Crippen LogP contribution in [-0.2, 0) is 4.79 Å². The van der Waals surface area contributed by atoms with Crippen molar-refractivity contribution in [3.63, 3.8) is 0 Å². The molecule has 0 fully saturated rings. The maximum atomic E-state index is 13.7. The van der Waals surface area contributed by atoms with Crippen LogP contribution in [-0.4, -0.2) is 16.8 Å². The molecule has 2 amide bonds. The van der Waals surface area contributed by atoms with Gasteiger partial charge in [0.1, 0.15) is 5.25 Å². The number of hydrogen-bond acceptors (Lipinski definition) is 5. The third-order valence-electron chi connectivity index (χ3n) is 6.35. The molecule has 0 bridgehead atoms. The molecule has 0 aliphatic carbocycles. The Morgan fingerprint density at radius 1 is 0.775 bits per heavy atom. The molecule has 0 saturated heterocycles. The predicted octanol–water partition coefficient (Wildman–Crippen LogP) is 8.46. The molecular weight excluding hydrogens is 535 g/mol. The summed E-state index contributed by atoms with van der Waals surface area (Å²) in [6.07, 6.45) is 0. The quantitative estimate of drug-likeness (QED) is 0.186. The third-order valence-corrected chi connectivity index (χ3v) is 8.49. The van der Waals surface area contributed by atoms with E-state index in [0.717, 1.165) is 32.2 Å². The Bertz CT molecular complexity index is 1630. The molecule has 2 N–H and O–H groups in total. The van der Waals surface area contributed by atoms with Gasteiger partial charge in [-0.3, -0.25) is 9.59 Å². The second-order valence-corrected chi connectivity index (χ2v) is 11.9. The number of thiazole rings is 1. The van der Waals surface area contributed by atoms with Gasteiger partial charge in [-0.1, -0.05) is 83.9 Å². The topological polar surface area (TPSA) is 71.1 Å². The first-order chi connectivity index (χ1) is 19.4. The van der Waals surface area contributed by atoms with Crippen LogP contribution in [0.5, 0.6) is 0 Å². The fraction of sp³-hybridized carbons (Fsp3) is 0.121. The molecule has 0 aliphatic heterocycles. The highest BCUT2D eigenvalue weighted by Gasteiger charge is 2.24. The maximum Gasteiger partial charge on any atom is 0.255 e. The summed E-state index contributed by atoms with van der Waals surface area (Å²) in [6, 6.07) is 32.9. The number of hydrogen-bond donors (Lipinski definition) is 2. The van der Waals surface area contributed by atoms with E-state index < -0.39 is 5.25 Å². The zero-order valence-electron chi connectivity index (χ0n) is 22.5. The highest BCUT2D eigenvalue weighted by molar-refractivity contribution is 8.00. The SMILES string of the molecule is Cc1ccc(C(=O)Nc2cccc(SC(C(=O)Nc3nc(-c4ccc(C)cc4)c(C)s3)c3ccccc3)c2)cc1. The minimum absolute atomic E-state index is 0.158. The minimum atomic E-state index is -0.517. The first kappa shape index (κ1) is 27.4. The smallest absolute Gasteiger partial charge is 0.255 e. The Labute approximate surface area is 242 Å². The molecule has 0 aliphatic rings. The van der Waals surface area contributed by atoms with Crippen LogP contribution in [0.25, 0.3) is 11.3 Å². The van der Waals surface area contributed by atoms with Crippen LogP contribution in [0.3, 0.4) is 0 Å². The lowest BCUT2D eigenvalue weighted by atomic mass is 10.1. The number of aryl methyl sites for hydroxylation is 3. The van der Waals surface area contributed by atoms with Crippen LogP contribution in [0.4, 0.5) is 10.8 Å². The van der Waals surface area contributed by atoms with Gasteiger partial charge in [-0.25, -0.2) is 4.98 Å². The third kappa shape index (κ3) is 6.68. The average molecular weight is 564 g/mol. The Morgan fingerprint density at radius 3 is 2.15 bits per heavy atom. The lowest BCUT2D eigenvalue weighted by Gasteiger charge is -2.17. The van der Waals surface area contributed by atoms with Crippen molar-refractivity contribution in [3.05, 3.63) is 130 Å². The van der Waals surface area contributed by atoms with Crippen LogP contribution >= 0.6 is 23.1 Å². The summed E-state index contributed by atoms with van der Waals surface area (Å²) in [5.74, 6) is -0.336. The lowest BCUT2D eigenvalue weighted by Crippen LogP contribution is -2.19. The van der Waals surface area contributed by atoms with Gasteiger partial charge < -0.3 is 10.6 Å². The monoisotopic (exact) mass is 563 g/mol. The molecule has 7 heteroatoms. The number of rotatable bonds is 8. The van der Waals surface area contributed by atoms with Crippen molar-refractivity contribution in [2.24, 2.45) is 0 Å². The van der Waals surface area contributed by atoms with E-state index >= 15 is 0 Å². The summed E-state index contributed by atoms with van der Waals surface area (Å²) in [6.45, 7) is 6.06. The molecule has 0 radical (unpaired) electrons. The van der Waals surface area contributed by atoms with Gasteiger partial charge in [0.2, 0.25) is 5.91 Å². The van der Waals surface area contributed by atoms with Crippen LogP contribution < -0.4 is 10.6 Å². The van der Waals surface area contributed by atoms with Gasteiger partial charge >= 0.3 is 0 Å². The van der Waals surface area contributed by atoms with Crippen molar-refractivity contribution in [2.75, 3.05) is 10.6 Å². The normalized spacial score (nSPS) is 11.6. The summed E-state index contributed by atoms with van der Waals surface area (Å²) >= 11 is 2.90. The molecule has 1 unspecified atom stereocenters. The van der Waals surface area contributed by atoms with Gasteiger partial charge in [0, 0.05) is 26.6 Å². The van der Waals surface area contributed by atoms with E-state index in [-0.39, 0.29) is 11.8 Å². The first-order valence-electron chi connectivity index (χ1n) is 12.9. The molecule has 0 saturated carbocycles. The highest BCUT2D eigenvalue weighted by atomic mass is 32.2. The molecule has 200 valence electrons. The average Bonchev–Trinajstić information content (AvgIpc) is 3.32. The van der Waals surface area contributed by atoms with Gasteiger partial charge in [-0.2, -0.15) is 0 Å². The molecule has 1 atom stereocenters. The first-order valence-corrected chi connectivity index (χ1v) is 14.6. The van der Waals surface area contributed by atoms with Gasteiger partial charge in [0.25, 0.3) is 5.91 Å². The van der Waals surface area contributed by atoms with Crippen LogP contribution in [0.1, 0.15) is 37.2 Å². The summed E-state index contributed by atoms with van der Waals surface area (Å²) in [7, 11) is 0. The molecule has 0 spiro atoms. The van der Waals surface area contributed by atoms with Crippen molar-refractivity contribution < 1.29 is 9.59 Å². The van der Waals surface area contributed by atoms with Crippen molar-refractivity contribution >= 4 is 45.7 Å². The zero-order valence-corrected chi connectivity index (χ0v) is 24.1. The molecule has 5 rings (SSSR count). The van der Waals surface area contributed by atoms with E-state index in [1.165, 1.54) is 28.7 Å². The predicted molar refractivity (Wildman–Crippen MR) is 166 cm³/mol. The molecule has 40 heavy (non-hydrogen) atoms. The van der Waals surface area contributed by atoms with Crippen LogP contribution in [0, 0.1) is 20.8 Å². The second-order valence-electron chi connectivity index (χ2n) is 9.54. The van der Waals surface area contributed by atoms with E-state index in [4.69, 9.17) is 4.98 Å². The fourth-order valence-corrected chi connectivity index (χ4v) is 6.11. The number of thioether (sulfide) groups is 1. The van der Waals surface area contributed by atoms with E-state index in [2.05, 4.69) is 41.8 Å². The summed E-state index contributed by atoms with van der Waals surface area (Å²) in [4.78, 5) is 33.1. The molecule has 1 heterocycles. The van der Waals surface area contributed by atoms with Crippen LogP contribution in [0.2, 0.25) is 0 Å². The number of carbonyl (C=O) groups excluding carboxylic acids is 2. The zero-order chi connectivity index (χ0) is 28.1. The highest BCUT2D eigenvalue weighted by Crippen LogP contribution is 2.38. The van der Waals surface area contributed by atoms with Crippen molar-refractivity contribution in [3.8, 4) is 11.3 Å². The van der Waals surface area contributed by atoms with E-state index in [0.29, 0.717) is 16.4 Å². The van der Waals surface area contributed by atoms with Gasteiger partial charge in [-0.05, 0) is 56.7 Å². The van der Waals surface area contributed by atoms with E-state index in [1.54, 1.807) is 0 Å². The number of nitrogens with one attached hydrogen (secondary N) is 2. The molecule has 5 nitrogen and oxygen atoms in total. The number of benzene rings is 4. The number of anilines is 2. The van der Waals surface area contributed by atoms with Gasteiger partial charge in [0.15, 0.2) is 5.13 Å². The molecule has 1 aromatic heterocycles. The van der Waals surface area contributed by atoms with Crippen molar-refractivity contribution in [1.29, 1.82) is 0 Å². The standard InChI is InChI=1S/C33H29N3O2S2/c1-21-12-16-24(17-13-21)29-23(3)39-33(35-29)36-32(38)30(25-8-5-4-6-9-25)40-28-11-7-10-27(20-28)34-31(37)26-18-14-22(2)15-19-26/h4-20,30H,1-3H3,(H,34,37)(H,35,36,38). The molecule has 4 aromatic carbocycles. The number of aromatic nitrogens is 1. The minimum Gasteiger partial charge on any atom is -0.322 e.